The number of anilines is 1. The molecule has 1 aliphatic heterocycles. The Bertz CT molecular complexity index is 1350. The van der Waals surface area contributed by atoms with Gasteiger partial charge in [0.1, 0.15) is 5.75 Å². The van der Waals surface area contributed by atoms with Gasteiger partial charge in [-0.05, 0) is 59.7 Å². The highest BCUT2D eigenvalue weighted by Crippen LogP contribution is 2.34. The summed E-state index contributed by atoms with van der Waals surface area (Å²) in [4.78, 5) is 17.8. The molecule has 0 radical (unpaired) electrons. The van der Waals surface area contributed by atoms with Crippen molar-refractivity contribution in [2.75, 3.05) is 19.2 Å². The first-order valence-corrected chi connectivity index (χ1v) is 10.9. The lowest BCUT2D eigenvalue weighted by molar-refractivity contribution is -0.111. The molecule has 32 heavy (non-hydrogen) atoms. The molecule has 0 saturated carbocycles. The number of fused-ring (bicyclic) bond motifs is 2. The number of ether oxygens (including phenoxy) is 3. The molecule has 0 atom stereocenters. The van der Waals surface area contributed by atoms with Crippen molar-refractivity contribution in [1.29, 1.82) is 0 Å². The van der Waals surface area contributed by atoms with E-state index in [2.05, 4.69) is 10.3 Å². The van der Waals surface area contributed by atoms with Gasteiger partial charge in [0.05, 0.1) is 17.3 Å². The van der Waals surface area contributed by atoms with E-state index in [4.69, 9.17) is 25.8 Å². The van der Waals surface area contributed by atoms with Crippen molar-refractivity contribution in [2.45, 2.75) is 0 Å². The SMILES string of the molecule is COc1ccc(/C(=C\c2ccc3c(c2)OCO3)C(=O)Nc2nc3ccc(Cl)cc3s2)cc1. The Morgan fingerprint density at radius 1 is 1.09 bits per heavy atom. The van der Waals surface area contributed by atoms with E-state index in [1.807, 2.05) is 60.7 Å². The number of nitrogens with zero attached hydrogens (tertiary/aromatic N) is 1. The number of nitrogens with one attached hydrogen (secondary N) is 1. The monoisotopic (exact) mass is 464 g/mol. The number of rotatable bonds is 5. The Hall–Kier alpha value is -3.55. The van der Waals surface area contributed by atoms with Crippen LogP contribution in [0.5, 0.6) is 17.2 Å². The van der Waals surface area contributed by atoms with Crippen LogP contribution in [0.2, 0.25) is 5.02 Å². The van der Waals surface area contributed by atoms with E-state index in [1.54, 1.807) is 13.2 Å². The first kappa shape index (κ1) is 20.4. The van der Waals surface area contributed by atoms with Crippen LogP contribution in [0.3, 0.4) is 0 Å². The van der Waals surface area contributed by atoms with Crippen LogP contribution in [0.25, 0.3) is 21.9 Å². The quantitative estimate of drug-likeness (QED) is 0.295. The van der Waals surface area contributed by atoms with Gasteiger partial charge >= 0.3 is 0 Å². The van der Waals surface area contributed by atoms with E-state index in [9.17, 15) is 4.79 Å². The maximum absolute atomic E-state index is 13.3. The molecule has 8 heteroatoms. The van der Waals surface area contributed by atoms with Crippen LogP contribution in [-0.2, 0) is 4.79 Å². The largest absolute Gasteiger partial charge is 0.497 e. The molecule has 1 aromatic heterocycles. The number of thiazole rings is 1. The highest BCUT2D eigenvalue weighted by molar-refractivity contribution is 7.22. The molecule has 0 saturated heterocycles. The summed E-state index contributed by atoms with van der Waals surface area (Å²) >= 11 is 7.44. The summed E-state index contributed by atoms with van der Waals surface area (Å²) in [5.41, 5.74) is 2.81. The van der Waals surface area contributed by atoms with Gasteiger partial charge < -0.3 is 14.2 Å². The lowest BCUT2D eigenvalue weighted by Gasteiger charge is -2.09. The van der Waals surface area contributed by atoms with Gasteiger partial charge in [-0.1, -0.05) is 41.1 Å². The third kappa shape index (κ3) is 4.12. The molecule has 0 unspecified atom stereocenters. The van der Waals surface area contributed by atoms with E-state index >= 15 is 0 Å². The zero-order valence-electron chi connectivity index (χ0n) is 16.9. The second kappa shape index (κ2) is 8.53. The van der Waals surface area contributed by atoms with Crippen LogP contribution >= 0.6 is 22.9 Å². The number of halogens is 1. The van der Waals surface area contributed by atoms with Crippen LogP contribution in [0.1, 0.15) is 11.1 Å². The molecule has 6 nitrogen and oxygen atoms in total. The average molecular weight is 465 g/mol. The van der Waals surface area contributed by atoms with Gasteiger partial charge in [-0.15, -0.1) is 0 Å². The van der Waals surface area contributed by atoms with Crippen molar-refractivity contribution in [3.8, 4) is 17.2 Å². The van der Waals surface area contributed by atoms with Crippen LogP contribution in [0, 0.1) is 0 Å². The zero-order chi connectivity index (χ0) is 22.1. The topological polar surface area (TPSA) is 69.7 Å². The van der Waals surface area contributed by atoms with Gasteiger partial charge in [0.2, 0.25) is 6.79 Å². The number of aromatic nitrogens is 1. The molecule has 2 heterocycles. The molecule has 160 valence electrons. The molecule has 5 rings (SSSR count). The van der Waals surface area contributed by atoms with Gasteiger partial charge in [0, 0.05) is 10.6 Å². The van der Waals surface area contributed by atoms with E-state index < -0.39 is 0 Å². The van der Waals surface area contributed by atoms with Crippen molar-refractivity contribution < 1.29 is 19.0 Å². The number of hydrogen-bond donors (Lipinski definition) is 1. The first-order valence-electron chi connectivity index (χ1n) is 9.72. The van der Waals surface area contributed by atoms with E-state index in [0.29, 0.717) is 33.0 Å². The minimum Gasteiger partial charge on any atom is -0.497 e. The molecular weight excluding hydrogens is 448 g/mol. The van der Waals surface area contributed by atoms with Crippen molar-refractivity contribution >= 4 is 55.8 Å². The summed E-state index contributed by atoms with van der Waals surface area (Å²) in [6, 6.07) is 18.3. The van der Waals surface area contributed by atoms with Crippen molar-refractivity contribution in [3.63, 3.8) is 0 Å². The summed E-state index contributed by atoms with van der Waals surface area (Å²) in [5, 5.41) is 4.04. The predicted octanol–water partition coefficient (Wildman–Crippen LogP) is 5.87. The van der Waals surface area contributed by atoms with E-state index in [0.717, 1.165) is 21.3 Å². The Kier molecular flexibility index (Phi) is 5.43. The summed E-state index contributed by atoms with van der Waals surface area (Å²) in [5.74, 6) is 1.76. The molecule has 0 fully saturated rings. The molecule has 1 amide bonds. The zero-order valence-corrected chi connectivity index (χ0v) is 18.5. The molecule has 0 spiro atoms. The van der Waals surface area contributed by atoms with Gasteiger partial charge in [-0.25, -0.2) is 4.98 Å². The Morgan fingerprint density at radius 3 is 2.72 bits per heavy atom. The first-order chi connectivity index (χ1) is 15.6. The minimum atomic E-state index is -0.280. The molecule has 3 aromatic carbocycles. The van der Waals surface area contributed by atoms with Crippen LogP contribution in [0.15, 0.2) is 60.7 Å². The molecule has 0 aliphatic carbocycles. The molecule has 1 N–H and O–H groups in total. The smallest absolute Gasteiger partial charge is 0.258 e. The third-order valence-corrected chi connectivity index (χ3v) is 6.09. The van der Waals surface area contributed by atoms with Crippen LogP contribution < -0.4 is 19.5 Å². The summed E-state index contributed by atoms with van der Waals surface area (Å²) in [6.07, 6.45) is 1.81. The molecule has 0 bridgehead atoms. The summed E-state index contributed by atoms with van der Waals surface area (Å²) in [6.45, 7) is 0.190. The average Bonchev–Trinajstić information content (AvgIpc) is 3.43. The number of methoxy groups -OCH3 is 1. The molecule has 1 aliphatic rings. The second-order valence-electron chi connectivity index (χ2n) is 6.98. The van der Waals surface area contributed by atoms with Gasteiger partial charge in [-0.2, -0.15) is 0 Å². The second-order valence-corrected chi connectivity index (χ2v) is 8.45. The highest BCUT2D eigenvalue weighted by Gasteiger charge is 2.17. The number of amides is 1. The highest BCUT2D eigenvalue weighted by atomic mass is 35.5. The standard InChI is InChI=1S/C24H17ClN2O4S/c1-29-17-6-3-15(4-7-17)18(10-14-2-9-20-21(11-14)31-13-30-20)23(28)27-24-26-19-8-5-16(25)12-22(19)32-24/h2-12H,13H2,1H3,(H,26,27,28)/b18-10+. The molecule has 4 aromatic rings. The lowest BCUT2D eigenvalue weighted by Crippen LogP contribution is -2.13. The van der Waals surface area contributed by atoms with Crippen molar-refractivity contribution in [2.24, 2.45) is 0 Å². The Balaban J connectivity index is 1.51. The fraction of sp³-hybridized carbons (Fsp3) is 0.0833. The Morgan fingerprint density at radius 2 is 1.91 bits per heavy atom. The maximum Gasteiger partial charge on any atom is 0.258 e. The van der Waals surface area contributed by atoms with E-state index in [1.165, 1.54) is 11.3 Å². The fourth-order valence-electron chi connectivity index (χ4n) is 3.34. The lowest BCUT2D eigenvalue weighted by atomic mass is 10.0. The Labute approximate surface area is 193 Å². The number of carbonyl (C=O) groups excluding carboxylic acids is 1. The van der Waals surface area contributed by atoms with E-state index in [-0.39, 0.29) is 12.7 Å². The third-order valence-electron chi connectivity index (χ3n) is 4.92. The summed E-state index contributed by atoms with van der Waals surface area (Å²) in [7, 11) is 1.60. The van der Waals surface area contributed by atoms with Gasteiger partial charge in [-0.3, -0.25) is 10.1 Å². The van der Waals surface area contributed by atoms with Crippen molar-refractivity contribution in [1.82, 2.24) is 4.98 Å². The minimum absolute atomic E-state index is 0.190. The number of hydrogen-bond acceptors (Lipinski definition) is 6. The number of carbonyl (C=O) groups is 1. The van der Waals surface area contributed by atoms with Crippen LogP contribution in [0.4, 0.5) is 5.13 Å². The maximum atomic E-state index is 13.3. The fourth-order valence-corrected chi connectivity index (χ4v) is 4.47. The van der Waals surface area contributed by atoms with Gasteiger partial charge in [0.25, 0.3) is 5.91 Å². The van der Waals surface area contributed by atoms with Crippen LogP contribution in [-0.4, -0.2) is 24.8 Å². The van der Waals surface area contributed by atoms with Crippen molar-refractivity contribution in [3.05, 3.63) is 76.8 Å². The predicted molar refractivity (Wildman–Crippen MR) is 127 cm³/mol. The molecular formula is C24H17ClN2O4S. The van der Waals surface area contributed by atoms with Gasteiger partial charge in [0.15, 0.2) is 16.6 Å². The number of benzene rings is 3. The normalized spacial score (nSPS) is 12.8. The summed E-state index contributed by atoms with van der Waals surface area (Å²) < 4.78 is 17.0.